The Bertz CT molecular complexity index is 369. The van der Waals surface area contributed by atoms with Crippen LogP contribution in [0.1, 0.15) is 6.42 Å². The van der Waals surface area contributed by atoms with Gasteiger partial charge in [-0.3, -0.25) is 4.99 Å². The fourth-order valence-corrected chi connectivity index (χ4v) is 2.32. The molecular weight excluding hydrogens is 236 g/mol. The standard InChI is InChI=1S/C12H18N2O4/c1-3-8-10(12(16)17-2)13-9-4-6-18-7-5-14(9)11(8)15/h3,8,10-11,15H,1,4-7H2,2H3. The molecule has 2 heterocycles. The quantitative estimate of drug-likeness (QED) is 0.545. The van der Waals surface area contributed by atoms with Crippen LogP contribution in [0.15, 0.2) is 17.6 Å². The SMILES string of the molecule is C=CC1C(C(=O)OC)N=C2CCOCCN2C1O. The van der Waals surface area contributed by atoms with Gasteiger partial charge in [-0.1, -0.05) is 6.08 Å². The molecule has 18 heavy (non-hydrogen) atoms. The number of carbonyl (C=O) groups is 1. The first-order chi connectivity index (χ1) is 8.69. The summed E-state index contributed by atoms with van der Waals surface area (Å²) in [5.74, 6) is -0.205. The van der Waals surface area contributed by atoms with Crippen molar-refractivity contribution in [2.24, 2.45) is 10.9 Å². The Hall–Kier alpha value is -1.40. The van der Waals surface area contributed by atoms with E-state index in [0.717, 1.165) is 0 Å². The molecule has 1 fully saturated rings. The molecule has 2 rings (SSSR count). The van der Waals surface area contributed by atoms with Crippen LogP contribution >= 0.6 is 0 Å². The Morgan fingerprint density at radius 2 is 2.44 bits per heavy atom. The van der Waals surface area contributed by atoms with Crippen LogP contribution in [0.25, 0.3) is 0 Å². The molecule has 0 amide bonds. The lowest BCUT2D eigenvalue weighted by molar-refractivity contribution is -0.145. The summed E-state index contributed by atoms with van der Waals surface area (Å²) in [6, 6.07) is -0.716. The van der Waals surface area contributed by atoms with E-state index in [1.165, 1.54) is 7.11 Å². The Kier molecular flexibility index (Phi) is 3.98. The van der Waals surface area contributed by atoms with Crippen molar-refractivity contribution in [3.8, 4) is 0 Å². The van der Waals surface area contributed by atoms with Crippen LogP contribution in [0.3, 0.4) is 0 Å². The molecule has 2 aliphatic rings. The Labute approximate surface area is 106 Å². The number of aliphatic imine (C=N–C) groups is 1. The van der Waals surface area contributed by atoms with Crippen molar-refractivity contribution in [1.29, 1.82) is 0 Å². The zero-order chi connectivity index (χ0) is 13.1. The molecular formula is C12H18N2O4. The first kappa shape index (κ1) is 13.0. The van der Waals surface area contributed by atoms with Gasteiger partial charge in [0.2, 0.25) is 0 Å². The summed E-state index contributed by atoms with van der Waals surface area (Å²) in [7, 11) is 1.32. The second-order valence-electron chi connectivity index (χ2n) is 4.30. The van der Waals surface area contributed by atoms with Gasteiger partial charge in [0.25, 0.3) is 0 Å². The van der Waals surface area contributed by atoms with Gasteiger partial charge in [0.05, 0.1) is 26.2 Å². The first-order valence-corrected chi connectivity index (χ1v) is 5.98. The molecule has 0 spiro atoms. The van der Waals surface area contributed by atoms with Gasteiger partial charge in [0.1, 0.15) is 12.1 Å². The van der Waals surface area contributed by atoms with Crippen LogP contribution in [0.5, 0.6) is 0 Å². The number of amidine groups is 1. The van der Waals surface area contributed by atoms with Gasteiger partial charge >= 0.3 is 5.97 Å². The predicted octanol–water partition coefficient (Wildman–Crippen LogP) is -0.217. The van der Waals surface area contributed by atoms with Crippen molar-refractivity contribution in [3.05, 3.63) is 12.7 Å². The smallest absolute Gasteiger partial charge is 0.331 e. The van der Waals surface area contributed by atoms with Crippen molar-refractivity contribution in [2.75, 3.05) is 26.9 Å². The molecule has 6 nitrogen and oxygen atoms in total. The third kappa shape index (κ3) is 2.26. The van der Waals surface area contributed by atoms with Gasteiger partial charge in [0.15, 0.2) is 6.04 Å². The fourth-order valence-electron chi connectivity index (χ4n) is 2.32. The van der Waals surface area contributed by atoms with Gasteiger partial charge in [-0.15, -0.1) is 6.58 Å². The topological polar surface area (TPSA) is 71.4 Å². The number of aliphatic hydroxyl groups is 1. The van der Waals surface area contributed by atoms with E-state index in [1.54, 1.807) is 11.0 Å². The predicted molar refractivity (Wildman–Crippen MR) is 65.1 cm³/mol. The summed E-state index contributed by atoms with van der Waals surface area (Å²) in [6.07, 6.45) is 1.34. The van der Waals surface area contributed by atoms with Crippen LogP contribution in [0.4, 0.5) is 0 Å². The lowest BCUT2D eigenvalue weighted by Gasteiger charge is -2.39. The maximum Gasteiger partial charge on any atom is 0.331 e. The van der Waals surface area contributed by atoms with Crippen molar-refractivity contribution in [3.63, 3.8) is 0 Å². The van der Waals surface area contributed by atoms with E-state index in [9.17, 15) is 9.90 Å². The van der Waals surface area contributed by atoms with E-state index in [4.69, 9.17) is 9.47 Å². The molecule has 1 N–H and O–H groups in total. The van der Waals surface area contributed by atoms with Crippen molar-refractivity contribution >= 4 is 11.8 Å². The van der Waals surface area contributed by atoms with Gasteiger partial charge in [-0.2, -0.15) is 0 Å². The highest BCUT2D eigenvalue weighted by Crippen LogP contribution is 2.26. The van der Waals surface area contributed by atoms with Gasteiger partial charge in [0, 0.05) is 13.0 Å². The maximum absolute atomic E-state index is 11.7. The van der Waals surface area contributed by atoms with Crippen molar-refractivity contribution in [2.45, 2.75) is 18.7 Å². The number of hydrogen-bond acceptors (Lipinski definition) is 6. The molecule has 100 valence electrons. The molecule has 0 aromatic heterocycles. The Morgan fingerprint density at radius 1 is 1.67 bits per heavy atom. The van der Waals surface area contributed by atoms with Crippen LogP contribution in [-0.2, 0) is 14.3 Å². The Balaban J connectivity index is 2.32. The van der Waals surface area contributed by atoms with Crippen LogP contribution in [0.2, 0.25) is 0 Å². The normalized spacial score (nSPS) is 32.0. The average Bonchev–Trinajstić information content (AvgIpc) is 2.63. The van der Waals surface area contributed by atoms with Crippen LogP contribution in [0, 0.1) is 5.92 Å². The summed E-state index contributed by atoms with van der Waals surface area (Å²) < 4.78 is 10.1. The van der Waals surface area contributed by atoms with E-state index in [-0.39, 0.29) is 0 Å². The fraction of sp³-hybridized carbons (Fsp3) is 0.667. The number of aliphatic hydroxyl groups excluding tert-OH is 1. The van der Waals surface area contributed by atoms with Crippen molar-refractivity contribution < 1.29 is 19.4 Å². The zero-order valence-electron chi connectivity index (χ0n) is 10.4. The van der Waals surface area contributed by atoms with Gasteiger partial charge < -0.3 is 19.5 Å². The molecule has 3 unspecified atom stereocenters. The van der Waals surface area contributed by atoms with E-state index >= 15 is 0 Å². The summed E-state index contributed by atoms with van der Waals surface area (Å²) in [6.45, 7) is 5.33. The number of nitrogens with zero attached hydrogens (tertiary/aromatic N) is 2. The van der Waals surface area contributed by atoms with Crippen LogP contribution < -0.4 is 0 Å². The van der Waals surface area contributed by atoms with Gasteiger partial charge in [-0.05, 0) is 0 Å². The summed E-state index contributed by atoms with van der Waals surface area (Å²) >= 11 is 0. The Morgan fingerprint density at radius 3 is 3.11 bits per heavy atom. The van der Waals surface area contributed by atoms with E-state index < -0.39 is 24.2 Å². The lowest BCUT2D eigenvalue weighted by atomic mass is 9.95. The molecule has 0 aromatic carbocycles. The second-order valence-corrected chi connectivity index (χ2v) is 4.30. The molecule has 0 radical (unpaired) electrons. The minimum Gasteiger partial charge on any atom is -0.467 e. The summed E-state index contributed by atoms with van der Waals surface area (Å²) in [4.78, 5) is 17.9. The molecule has 0 saturated carbocycles. The van der Waals surface area contributed by atoms with Crippen molar-refractivity contribution in [1.82, 2.24) is 4.90 Å². The number of esters is 1. The molecule has 0 aromatic rings. The van der Waals surface area contributed by atoms with Gasteiger partial charge in [-0.25, -0.2) is 4.79 Å². The zero-order valence-corrected chi connectivity index (χ0v) is 10.4. The monoisotopic (exact) mass is 254 g/mol. The molecule has 6 heteroatoms. The van der Waals surface area contributed by atoms with E-state index in [1.807, 2.05) is 0 Å². The number of hydrogen-bond donors (Lipinski definition) is 1. The molecule has 1 saturated heterocycles. The maximum atomic E-state index is 11.7. The minimum atomic E-state index is -0.805. The second kappa shape index (κ2) is 5.49. The lowest BCUT2D eigenvalue weighted by Crippen LogP contribution is -2.53. The highest BCUT2D eigenvalue weighted by Gasteiger charge is 2.41. The number of ether oxygens (including phenoxy) is 2. The van der Waals surface area contributed by atoms with E-state index in [2.05, 4.69) is 11.6 Å². The summed E-state index contributed by atoms with van der Waals surface area (Å²) in [5.41, 5.74) is 0. The number of fused-ring (bicyclic) bond motifs is 1. The highest BCUT2D eigenvalue weighted by molar-refractivity contribution is 5.88. The minimum absolute atomic E-state index is 0.448. The average molecular weight is 254 g/mol. The largest absolute Gasteiger partial charge is 0.467 e. The van der Waals surface area contributed by atoms with E-state index in [0.29, 0.717) is 32.0 Å². The number of rotatable bonds is 2. The number of carbonyl (C=O) groups excluding carboxylic acids is 1. The highest BCUT2D eigenvalue weighted by atomic mass is 16.5. The molecule has 3 atom stereocenters. The number of methoxy groups -OCH3 is 1. The molecule has 0 aliphatic carbocycles. The third-order valence-corrected chi connectivity index (χ3v) is 3.31. The van der Waals surface area contributed by atoms with Crippen LogP contribution in [-0.4, -0.2) is 60.9 Å². The first-order valence-electron chi connectivity index (χ1n) is 5.98. The third-order valence-electron chi connectivity index (χ3n) is 3.31. The molecule has 0 bridgehead atoms. The summed E-state index contributed by atoms with van der Waals surface area (Å²) in [5, 5.41) is 10.3. The molecule has 2 aliphatic heterocycles.